The van der Waals surface area contributed by atoms with Crippen LogP contribution in [0.15, 0.2) is 30.5 Å². The molecule has 0 aliphatic heterocycles. The highest BCUT2D eigenvalue weighted by Gasteiger charge is 2.60. The number of thiazole rings is 1. The number of Topliss-reactive ketones (excluding diaryl/α,β-unsaturated/α-hetero) is 1. The topological polar surface area (TPSA) is 105 Å². The first-order valence-corrected chi connectivity index (χ1v) is 16.3. The largest absolute Gasteiger partial charge is 0.418 e. The number of carbonyl (C=O) groups is 3. The molecule has 1 saturated carbocycles. The smallest absolute Gasteiger partial charge is 0.336 e. The highest BCUT2D eigenvalue weighted by molar-refractivity contribution is 7.84. The Balaban J connectivity index is 0.00000330. The van der Waals surface area contributed by atoms with E-state index in [0.717, 1.165) is 5.56 Å². The number of aromatic nitrogens is 1. The van der Waals surface area contributed by atoms with Gasteiger partial charge in [-0.1, -0.05) is 56.5 Å². The predicted molar refractivity (Wildman–Crippen MR) is 156 cm³/mol. The van der Waals surface area contributed by atoms with Gasteiger partial charge < -0.3 is 5.32 Å². The molecule has 1 heterocycles. The fourth-order valence-corrected chi connectivity index (χ4v) is 6.23. The molecule has 2 aromatic rings. The number of rotatable bonds is 15. The van der Waals surface area contributed by atoms with Crippen LogP contribution in [0.4, 0.5) is 26.3 Å². The zero-order chi connectivity index (χ0) is 33.1. The highest BCUT2D eigenvalue weighted by Crippen LogP contribution is 2.44. The number of carbonyl (C=O) groups excluding carboxylic acids is 3. The number of ketones is 1. The van der Waals surface area contributed by atoms with Gasteiger partial charge in [-0.3, -0.25) is 19.1 Å². The number of hydrogen-bond acceptors (Lipinski definition) is 6. The molecule has 2 atom stereocenters. The number of nitrogens with zero attached hydrogens (tertiary/aromatic N) is 1. The van der Waals surface area contributed by atoms with Gasteiger partial charge in [0.25, 0.3) is 0 Å². The second-order valence-electron chi connectivity index (χ2n) is 10.3. The van der Waals surface area contributed by atoms with Crippen molar-refractivity contribution in [3.05, 3.63) is 51.5 Å². The lowest BCUT2D eigenvalue weighted by molar-refractivity contribution is -0.202. The van der Waals surface area contributed by atoms with Gasteiger partial charge in [0.05, 0.1) is 5.25 Å². The first-order chi connectivity index (χ1) is 20.6. The van der Waals surface area contributed by atoms with Gasteiger partial charge in [0.15, 0.2) is 11.3 Å². The molecule has 1 aliphatic carbocycles. The van der Waals surface area contributed by atoms with Crippen LogP contribution in [0.2, 0.25) is 0 Å². The van der Waals surface area contributed by atoms with Crippen LogP contribution in [-0.2, 0) is 32.5 Å². The Bertz CT molecular complexity index is 1280. The number of aryl methyl sites for hydroxylation is 2. The SMILES string of the molecule is CC.Cc1ccc(C(=O)CC(NC(=O)CC(=O)NS(=O)C2CC2)(c2ncc(CCCCCCC(F)(F)F)s2)C(F)(F)F)cc1. The van der Waals surface area contributed by atoms with Gasteiger partial charge in [-0.05, 0) is 39.0 Å². The van der Waals surface area contributed by atoms with E-state index in [2.05, 4.69) is 9.71 Å². The Morgan fingerprint density at radius 2 is 1.57 bits per heavy atom. The summed E-state index contributed by atoms with van der Waals surface area (Å²) < 4.78 is 95.6. The van der Waals surface area contributed by atoms with Gasteiger partial charge >= 0.3 is 12.4 Å². The van der Waals surface area contributed by atoms with Crippen LogP contribution in [0.1, 0.15) is 97.4 Å². The van der Waals surface area contributed by atoms with E-state index in [1.165, 1.54) is 18.3 Å². The Morgan fingerprint density at radius 1 is 0.955 bits per heavy atom. The molecule has 0 bridgehead atoms. The van der Waals surface area contributed by atoms with Crippen molar-refractivity contribution >= 4 is 39.9 Å². The number of unbranched alkanes of at least 4 members (excludes halogenated alkanes) is 3. The van der Waals surface area contributed by atoms with Crippen molar-refractivity contribution in [2.75, 3.05) is 0 Å². The number of halogens is 6. The summed E-state index contributed by atoms with van der Waals surface area (Å²) in [7, 11) is -1.75. The summed E-state index contributed by atoms with van der Waals surface area (Å²) in [4.78, 5) is 42.4. The van der Waals surface area contributed by atoms with Crippen LogP contribution in [0.3, 0.4) is 0 Å². The average Bonchev–Trinajstić information content (AvgIpc) is 3.68. The van der Waals surface area contributed by atoms with Gasteiger partial charge in [0, 0.05) is 29.5 Å². The van der Waals surface area contributed by atoms with Crippen LogP contribution in [0.5, 0.6) is 0 Å². The number of amides is 2. The van der Waals surface area contributed by atoms with Crippen molar-refractivity contribution in [3.63, 3.8) is 0 Å². The van der Waals surface area contributed by atoms with Crippen LogP contribution >= 0.6 is 11.3 Å². The molecule has 15 heteroatoms. The first-order valence-electron chi connectivity index (χ1n) is 14.3. The number of alkyl halides is 6. The molecule has 1 aromatic heterocycles. The lowest BCUT2D eigenvalue weighted by Gasteiger charge is -2.34. The van der Waals surface area contributed by atoms with Crippen molar-refractivity contribution in [3.8, 4) is 0 Å². The molecule has 2 unspecified atom stereocenters. The Morgan fingerprint density at radius 3 is 2.14 bits per heavy atom. The lowest BCUT2D eigenvalue weighted by atomic mass is 9.89. The summed E-state index contributed by atoms with van der Waals surface area (Å²) in [6.07, 6.45) is -8.90. The molecule has 0 saturated heterocycles. The minimum Gasteiger partial charge on any atom is -0.336 e. The summed E-state index contributed by atoms with van der Waals surface area (Å²) in [6.45, 7) is 5.74. The van der Waals surface area contributed by atoms with Crippen LogP contribution in [0.25, 0.3) is 0 Å². The van der Waals surface area contributed by atoms with E-state index in [0.29, 0.717) is 48.3 Å². The molecule has 0 radical (unpaired) electrons. The monoisotopic (exact) mass is 669 g/mol. The molecule has 7 nitrogen and oxygen atoms in total. The molecule has 44 heavy (non-hydrogen) atoms. The maximum absolute atomic E-state index is 14.9. The van der Waals surface area contributed by atoms with Crippen LogP contribution in [-0.4, -0.2) is 44.4 Å². The van der Waals surface area contributed by atoms with Gasteiger partial charge in [0.2, 0.25) is 11.8 Å². The molecular formula is C29H37F6N3O4S2. The Labute approximate surface area is 259 Å². The number of benzene rings is 1. The zero-order valence-corrected chi connectivity index (χ0v) is 26.3. The maximum Gasteiger partial charge on any atom is 0.418 e. The number of nitrogens with one attached hydrogen (secondary N) is 2. The van der Waals surface area contributed by atoms with Crippen molar-refractivity contribution in [2.45, 2.75) is 108 Å². The van der Waals surface area contributed by atoms with E-state index in [1.54, 1.807) is 19.1 Å². The predicted octanol–water partition coefficient (Wildman–Crippen LogP) is 7.01. The van der Waals surface area contributed by atoms with Crippen molar-refractivity contribution in [1.82, 2.24) is 15.0 Å². The Kier molecular flexibility index (Phi) is 14.0. The fourth-order valence-electron chi connectivity index (χ4n) is 4.09. The fraction of sp³-hybridized carbons (Fsp3) is 0.586. The summed E-state index contributed by atoms with van der Waals surface area (Å²) in [6, 6.07) is 5.85. The first kappa shape index (κ1) is 37.4. The second kappa shape index (κ2) is 16.5. The molecule has 246 valence electrons. The van der Waals surface area contributed by atoms with Crippen LogP contribution < -0.4 is 10.0 Å². The molecule has 3 rings (SSSR count). The summed E-state index contributed by atoms with van der Waals surface area (Å²) in [5.41, 5.74) is -2.51. The lowest BCUT2D eigenvalue weighted by Crippen LogP contribution is -2.57. The van der Waals surface area contributed by atoms with E-state index < -0.39 is 70.7 Å². The highest BCUT2D eigenvalue weighted by atomic mass is 32.2. The van der Waals surface area contributed by atoms with E-state index in [-0.39, 0.29) is 23.7 Å². The average molecular weight is 670 g/mol. The van der Waals surface area contributed by atoms with Crippen LogP contribution in [0, 0.1) is 6.92 Å². The zero-order valence-electron chi connectivity index (χ0n) is 24.7. The minimum absolute atomic E-state index is 0.0170. The van der Waals surface area contributed by atoms with Crippen molar-refractivity contribution in [2.24, 2.45) is 0 Å². The molecule has 1 aliphatic rings. The molecule has 2 N–H and O–H groups in total. The summed E-state index contributed by atoms with van der Waals surface area (Å²) in [5.74, 6) is -3.28. The summed E-state index contributed by atoms with van der Waals surface area (Å²) in [5, 5.41) is 0.990. The minimum atomic E-state index is -5.22. The van der Waals surface area contributed by atoms with Crippen molar-refractivity contribution < 1.29 is 44.9 Å². The second-order valence-corrected chi connectivity index (χ2v) is 12.9. The van der Waals surface area contributed by atoms with E-state index in [9.17, 15) is 44.9 Å². The standard InChI is InChI=1S/C27H31F6N3O4S2.C2H6/c1-17-7-9-18(10-8-17)21(37)15-25(27(31,32)33,35-22(38)14-23(39)36-42(40)20-11-12-20)24-34-16-19(41-24)6-4-2-3-5-13-26(28,29)30;1-2/h7-10,16,20H,2-6,11-15H2,1H3,(H,35,38)(H,36,39);1-2H3. The van der Waals surface area contributed by atoms with Gasteiger partial charge in [-0.25, -0.2) is 9.19 Å². The van der Waals surface area contributed by atoms with Gasteiger partial charge in [-0.2, -0.15) is 26.3 Å². The summed E-state index contributed by atoms with van der Waals surface area (Å²) >= 11 is 0.631. The Hall–Kier alpha value is -2.81. The van der Waals surface area contributed by atoms with E-state index in [1.807, 2.05) is 19.2 Å². The van der Waals surface area contributed by atoms with E-state index >= 15 is 0 Å². The third-order valence-electron chi connectivity index (χ3n) is 6.55. The maximum atomic E-state index is 14.9. The van der Waals surface area contributed by atoms with Crippen molar-refractivity contribution in [1.29, 1.82) is 0 Å². The quantitative estimate of drug-likeness (QED) is 0.0919. The third-order valence-corrected chi connectivity index (χ3v) is 9.28. The molecule has 1 fully saturated rings. The van der Waals surface area contributed by atoms with E-state index in [4.69, 9.17) is 0 Å². The van der Waals surface area contributed by atoms with Gasteiger partial charge in [-0.15, -0.1) is 11.3 Å². The van der Waals surface area contributed by atoms with Gasteiger partial charge in [0.1, 0.15) is 22.4 Å². The molecule has 0 spiro atoms. The third kappa shape index (κ3) is 11.6. The molecular weight excluding hydrogens is 632 g/mol. The normalized spacial score (nSPS) is 15.4. The molecule has 1 aromatic carbocycles. The number of hydrogen-bond donors (Lipinski definition) is 2. The molecule has 2 amide bonds.